The number of ether oxygens (including phenoxy) is 1. The van der Waals surface area contributed by atoms with Gasteiger partial charge in [0, 0.05) is 31.7 Å². The Morgan fingerprint density at radius 1 is 1.40 bits per heavy atom. The molecule has 3 rings (SSSR count). The van der Waals surface area contributed by atoms with Crippen LogP contribution in [-0.2, 0) is 4.74 Å². The summed E-state index contributed by atoms with van der Waals surface area (Å²) in [5, 5.41) is 6.23. The number of aromatic nitrogens is 1. The van der Waals surface area contributed by atoms with E-state index >= 15 is 0 Å². The number of benzene rings is 1. The Kier molecular flexibility index (Phi) is 5.96. The maximum Gasteiger partial charge on any atom is 0.269 e. The van der Waals surface area contributed by atoms with Crippen LogP contribution in [0.25, 0.3) is 0 Å². The first-order chi connectivity index (χ1) is 12.1. The molecule has 5 nitrogen and oxygen atoms in total. The van der Waals surface area contributed by atoms with Crippen LogP contribution < -0.4 is 10.6 Å². The summed E-state index contributed by atoms with van der Waals surface area (Å²) in [6.07, 6.45) is 1.25. The average Bonchev–Trinajstić information content (AvgIpc) is 2.88. The SMILES string of the molecule is O=C(NC[C@@H]1CNCCO[C@H]1c1ccc(Cl)c(F)c1)c1ccccn1. The smallest absolute Gasteiger partial charge is 0.269 e. The Hall–Kier alpha value is -2.02. The molecule has 1 amide bonds. The molecule has 25 heavy (non-hydrogen) atoms. The molecule has 1 aliphatic heterocycles. The molecule has 1 aromatic carbocycles. The molecule has 1 fully saturated rings. The van der Waals surface area contributed by atoms with Crippen molar-refractivity contribution >= 4 is 17.5 Å². The van der Waals surface area contributed by atoms with Crippen molar-refractivity contribution in [3.8, 4) is 0 Å². The van der Waals surface area contributed by atoms with Crippen molar-refractivity contribution in [3.63, 3.8) is 0 Å². The fourth-order valence-electron chi connectivity index (χ4n) is 2.84. The Bertz CT molecular complexity index is 730. The molecule has 1 saturated heterocycles. The highest BCUT2D eigenvalue weighted by atomic mass is 35.5. The third kappa shape index (κ3) is 4.54. The van der Waals surface area contributed by atoms with Crippen LogP contribution in [-0.4, -0.2) is 37.1 Å². The average molecular weight is 364 g/mol. The second kappa shape index (κ2) is 8.38. The van der Waals surface area contributed by atoms with E-state index in [0.29, 0.717) is 37.5 Å². The van der Waals surface area contributed by atoms with Gasteiger partial charge >= 0.3 is 0 Å². The van der Waals surface area contributed by atoms with Crippen LogP contribution in [0.3, 0.4) is 0 Å². The number of halogens is 2. The lowest BCUT2D eigenvalue weighted by Crippen LogP contribution is -2.36. The highest BCUT2D eigenvalue weighted by Gasteiger charge is 2.27. The van der Waals surface area contributed by atoms with Gasteiger partial charge in [0.1, 0.15) is 11.5 Å². The van der Waals surface area contributed by atoms with Crippen LogP contribution in [0.5, 0.6) is 0 Å². The standard InChI is InChI=1S/C18H19ClFN3O2/c19-14-5-4-12(9-15(14)20)17-13(10-21-7-8-25-17)11-23-18(24)16-3-1-2-6-22-16/h1-6,9,13,17,21H,7-8,10-11H2,(H,23,24)/t13-,17-/m0/s1. The number of nitrogens with zero attached hydrogens (tertiary/aromatic N) is 1. The summed E-state index contributed by atoms with van der Waals surface area (Å²) in [5.41, 5.74) is 1.07. The van der Waals surface area contributed by atoms with Crippen LogP contribution in [0.1, 0.15) is 22.2 Å². The van der Waals surface area contributed by atoms with Gasteiger partial charge in [0.15, 0.2) is 0 Å². The predicted molar refractivity (Wildman–Crippen MR) is 93.0 cm³/mol. The Balaban J connectivity index is 1.72. The molecule has 1 aromatic heterocycles. The molecule has 0 unspecified atom stereocenters. The largest absolute Gasteiger partial charge is 0.372 e. The maximum atomic E-state index is 13.8. The van der Waals surface area contributed by atoms with E-state index in [-0.39, 0.29) is 23.0 Å². The number of carbonyl (C=O) groups excluding carboxylic acids is 1. The van der Waals surface area contributed by atoms with Crippen molar-refractivity contribution < 1.29 is 13.9 Å². The summed E-state index contributed by atoms with van der Waals surface area (Å²) in [6.45, 7) is 2.26. The lowest BCUT2D eigenvalue weighted by atomic mass is 9.95. The molecule has 0 aliphatic carbocycles. The van der Waals surface area contributed by atoms with Crippen LogP contribution >= 0.6 is 11.6 Å². The monoisotopic (exact) mass is 363 g/mol. The molecular formula is C18H19ClFN3O2. The highest BCUT2D eigenvalue weighted by Crippen LogP contribution is 2.29. The van der Waals surface area contributed by atoms with Crippen LogP contribution in [0.4, 0.5) is 4.39 Å². The normalized spacial score (nSPS) is 20.7. The second-order valence-corrected chi connectivity index (χ2v) is 6.26. The quantitative estimate of drug-likeness (QED) is 0.876. The second-order valence-electron chi connectivity index (χ2n) is 5.85. The summed E-state index contributed by atoms with van der Waals surface area (Å²) >= 11 is 5.77. The first kappa shape index (κ1) is 17.8. The van der Waals surface area contributed by atoms with Crippen molar-refractivity contribution in [2.24, 2.45) is 5.92 Å². The van der Waals surface area contributed by atoms with Crippen LogP contribution in [0, 0.1) is 11.7 Å². The molecule has 7 heteroatoms. The van der Waals surface area contributed by atoms with E-state index in [0.717, 1.165) is 0 Å². The van der Waals surface area contributed by atoms with E-state index in [1.165, 1.54) is 12.1 Å². The third-order valence-corrected chi connectivity index (χ3v) is 4.41. The predicted octanol–water partition coefficient (Wildman–Crippen LogP) is 2.58. The minimum atomic E-state index is -0.476. The summed E-state index contributed by atoms with van der Waals surface area (Å²) in [7, 11) is 0. The molecule has 132 valence electrons. The number of amides is 1. The molecule has 2 N–H and O–H groups in total. The van der Waals surface area contributed by atoms with Crippen LogP contribution in [0.2, 0.25) is 5.02 Å². The highest BCUT2D eigenvalue weighted by molar-refractivity contribution is 6.30. The topological polar surface area (TPSA) is 63.2 Å². The summed E-state index contributed by atoms with van der Waals surface area (Å²) in [6, 6.07) is 9.85. The van der Waals surface area contributed by atoms with Crippen molar-refractivity contribution in [1.29, 1.82) is 0 Å². The zero-order valence-corrected chi connectivity index (χ0v) is 14.3. The molecule has 1 aliphatic rings. The van der Waals surface area contributed by atoms with Crippen molar-refractivity contribution in [1.82, 2.24) is 15.6 Å². The van der Waals surface area contributed by atoms with Gasteiger partial charge in [0.2, 0.25) is 0 Å². The van der Waals surface area contributed by atoms with E-state index in [1.54, 1.807) is 30.5 Å². The number of carbonyl (C=O) groups is 1. The minimum absolute atomic E-state index is 0.0456. The van der Waals surface area contributed by atoms with Crippen molar-refractivity contribution in [2.75, 3.05) is 26.2 Å². The van der Waals surface area contributed by atoms with Crippen molar-refractivity contribution in [2.45, 2.75) is 6.10 Å². The van der Waals surface area contributed by atoms with E-state index in [4.69, 9.17) is 16.3 Å². The number of hydrogen-bond acceptors (Lipinski definition) is 4. The Morgan fingerprint density at radius 2 is 2.28 bits per heavy atom. The fourth-order valence-corrected chi connectivity index (χ4v) is 2.95. The number of pyridine rings is 1. The fraction of sp³-hybridized carbons (Fsp3) is 0.333. The van der Waals surface area contributed by atoms with Gasteiger partial charge in [-0.25, -0.2) is 4.39 Å². The zero-order valence-electron chi connectivity index (χ0n) is 13.5. The number of rotatable bonds is 4. The molecule has 0 spiro atoms. The van der Waals surface area contributed by atoms with E-state index in [9.17, 15) is 9.18 Å². The Labute approximate surface area is 150 Å². The zero-order chi connectivity index (χ0) is 17.6. The van der Waals surface area contributed by atoms with Gasteiger partial charge < -0.3 is 15.4 Å². The minimum Gasteiger partial charge on any atom is -0.372 e. The number of hydrogen-bond donors (Lipinski definition) is 2. The molecular weight excluding hydrogens is 345 g/mol. The van der Waals surface area contributed by atoms with E-state index < -0.39 is 5.82 Å². The molecule has 0 saturated carbocycles. The first-order valence-corrected chi connectivity index (χ1v) is 8.49. The molecule has 0 radical (unpaired) electrons. The van der Waals surface area contributed by atoms with Gasteiger partial charge in [-0.3, -0.25) is 9.78 Å². The molecule has 2 atom stereocenters. The third-order valence-electron chi connectivity index (χ3n) is 4.11. The van der Waals surface area contributed by atoms with Gasteiger partial charge in [-0.2, -0.15) is 0 Å². The molecule has 2 heterocycles. The number of nitrogens with one attached hydrogen (secondary N) is 2. The summed E-state index contributed by atoms with van der Waals surface area (Å²) < 4.78 is 19.7. The lowest BCUT2D eigenvalue weighted by Gasteiger charge is -2.25. The van der Waals surface area contributed by atoms with Gasteiger partial charge in [-0.1, -0.05) is 23.7 Å². The van der Waals surface area contributed by atoms with Crippen molar-refractivity contribution in [3.05, 3.63) is 64.7 Å². The van der Waals surface area contributed by atoms with E-state index in [1.807, 2.05) is 0 Å². The van der Waals surface area contributed by atoms with Gasteiger partial charge in [0.25, 0.3) is 5.91 Å². The molecule has 0 bridgehead atoms. The van der Waals surface area contributed by atoms with Gasteiger partial charge in [0.05, 0.1) is 17.7 Å². The van der Waals surface area contributed by atoms with Crippen LogP contribution in [0.15, 0.2) is 42.6 Å². The molecule has 2 aromatic rings. The Morgan fingerprint density at radius 3 is 3.04 bits per heavy atom. The van der Waals surface area contributed by atoms with E-state index in [2.05, 4.69) is 15.6 Å². The van der Waals surface area contributed by atoms with Gasteiger partial charge in [-0.15, -0.1) is 0 Å². The summed E-state index contributed by atoms with van der Waals surface area (Å²) in [4.78, 5) is 16.2. The van der Waals surface area contributed by atoms with Gasteiger partial charge in [-0.05, 0) is 29.8 Å². The lowest BCUT2D eigenvalue weighted by molar-refractivity contribution is 0.0303. The first-order valence-electron chi connectivity index (χ1n) is 8.11. The maximum absolute atomic E-state index is 13.8. The summed E-state index contributed by atoms with van der Waals surface area (Å²) in [5.74, 6) is -0.766.